The van der Waals surface area contributed by atoms with Crippen LogP contribution in [0.15, 0.2) is 54.7 Å². The Labute approximate surface area is 464 Å². The molecule has 0 unspecified atom stereocenters. The van der Waals surface area contributed by atoms with Crippen molar-refractivity contribution in [1.29, 1.82) is 0 Å². The zero-order valence-electron chi connectivity index (χ0n) is 43.3. The van der Waals surface area contributed by atoms with Crippen molar-refractivity contribution in [1.82, 2.24) is 46.9 Å². The number of nitrogens with zero attached hydrogens (tertiary/aromatic N) is 3. The molecule has 0 aliphatic carbocycles. The third kappa shape index (κ3) is 28.4. The molecule has 4 atom stereocenters. The first kappa shape index (κ1) is 65.3. The lowest BCUT2D eigenvalue weighted by Crippen LogP contribution is -2.51. The Balaban J connectivity index is 1.26. The van der Waals surface area contributed by atoms with Crippen molar-refractivity contribution in [3.63, 3.8) is 0 Å². The molecule has 13 N–H and O–H groups in total. The van der Waals surface area contributed by atoms with Gasteiger partial charge in [0, 0.05) is 40.8 Å². The molecule has 0 aliphatic rings. The molecular weight excluding hydrogens is 1140 g/mol. The molecule has 78 heavy (non-hydrogen) atoms. The van der Waals surface area contributed by atoms with E-state index in [1.807, 2.05) is 24.3 Å². The molecule has 7 amide bonds. The number of carboxylic acids is 4. The molecule has 1 heterocycles. The van der Waals surface area contributed by atoms with Gasteiger partial charge in [-0.15, -0.1) is 5.10 Å². The fourth-order valence-corrected chi connectivity index (χ4v) is 7.62. The van der Waals surface area contributed by atoms with E-state index >= 15 is 0 Å². The van der Waals surface area contributed by atoms with Gasteiger partial charge in [0.2, 0.25) is 17.7 Å². The molecule has 27 nitrogen and oxygen atoms in total. The molecule has 0 spiro atoms. The van der Waals surface area contributed by atoms with Crippen LogP contribution in [0.5, 0.6) is 0 Å². The van der Waals surface area contributed by atoms with E-state index in [1.54, 1.807) is 35.1 Å². The van der Waals surface area contributed by atoms with Gasteiger partial charge in [0.15, 0.2) is 0 Å². The SMILES string of the molecule is NCCCC[C@H](NC(=O)CCOCCOCCOCCn1cc(-c2cccc(NC(=O)NCCCC[C@H](NC(=O)N[C@@H](CCC(=O)O)C(=O)O)C(=O)O)c2)nn1)C(=O)N[C@@H](CCCCNC(=O)Cc1ccc(I)cc1)C(=O)O. The van der Waals surface area contributed by atoms with Crippen molar-refractivity contribution in [2.45, 2.75) is 114 Å². The summed E-state index contributed by atoms with van der Waals surface area (Å²) >= 11 is 2.19. The molecule has 0 saturated carbocycles. The van der Waals surface area contributed by atoms with Crippen LogP contribution in [-0.2, 0) is 60.7 Å². The van der Waals surface area contributed by atoms with Crippen LogP contribution in [-0.4, -0.2) is 173 Å². The van der Waals surface area contributed by atoms with E-state index in [0.717, 1.165) is 9.13 Å². The summed E-state index contributed by atoms with van der Waals surface area (Å²) in [5, 5.41) is 63.3. The summed E-state index contributed by atoms with van der Waals surface area (Å²) in [6, 6.07) is 7.93. The van der Waals surface area contributed by atoms with Gasteiger partial charge in [0.05, 0.1) is 58.8 Å². The van der Waals surface area contributed by atoms with E-state index in [2.05, 4.69) is 70.1 Å². The lowest BCUT2D eigenvalue weighted by molar-refractivity contribution is -0.142. The predicted molar refractivity (Wildman–Crippen MR) is 289 cm³/mol. The maximum Gasteiger partial charge on any atom is 0.326 e. The van der Waals surface area contributed by atoms with E-state index in [0.29, 0.717) is 75.3 Å². The summed E-state index contributed by atoms with van der Waals surface area (Å²) in [5.74, 6) is -6.46. The van der Waals surface area contributed by atoms with Crippen LogP contribution in [0, 0.1) is 3.57 Å². The molecule has 1 aromatic heterocycles. The lowest BCUT2D eigenvalue weighted by Gasteiger charge is -2.21. The van der Waals surface area contributed by atoms with Crippen molar-refractivity contribution in [3.8, 4) is 11.3 Å². The van der Waals surface area contributed by atoms with E-state index in [9.17, 15) is 58.5 Å². The number of unbranched alkanes of at least 4 members (excludes halogenated alkanes) is 3. The highest BCUT2D eigenvalue weighted by molar-refractivity contribution is 14.1. The first-order valence-corrected chi connectivity index (χ1v) is 26.6. The Morgan fingerprint density at radius 3 is 1.81 bits per heavy atom. The topological polar surface area (TPSA) is 403 Å². The second-order valence-electron chi connectivity index (χ2n) is 17.7. The fourth-order valence-electron chi connectivity index (χ4n) is 7.26. The Kier molecular flexibility index (Phi) is 31.5. The van der Waals surface area contributed by atoms with E-state index in [-0.39, 0.29) is 90.4 Å². The molecule has 0 radical (unpaired) electrons. The number of carbonyl (C=O) groups excluding carboxylic acids is 5. The number of hydrogen-bond donors (Lipinski definition) is 12. The normalized spacial score (nSPS) is 12.5. The van der Waals surface area contributed by atoms with Gasteiger partial charge < -0.3 is 77.6 Å². The number of anilines is 1. The average Bonchev–Trinajstić information content (AvgIpc) is 3.88. The van der Waals surface area contributed by atoms with Gasteiger partial charge in [-0.2, -0.15) is 0 Å². The highest BCUT2D eigenvalue weighted by atomic mass is 127. The highest BCUT2D eigenvalue weighted by Crippen LogP contribution is 2.20. The smallest absolute Gasteiger partial charge is 0.326 e. The number of rotatable bonds is 41. The van der Waals surface area contributed by atoms with Crippen molar-refractivity contribution in [2.75, 3.05) is 64.6 Å². The van der Waals surface area contributed by atoms with Crippen LogP contribution in [0.2, 0.25) is 0 Å². The largest absolute Gasteiger partial charge is 0.481 e. The van der Waals surface area contributed by atoms with Gasteiger partial charge in [0.1, 0.15) is 29.9 Å². The minimum atomic E-state index is -1.52. The zero-order valence-corrected chi connectivity index (χ0v) is 45.4. The summed E-state index contributed by atoms with van der Waals surface area (Å²) in [7, 11) is 0. The number of amides is 7. The molecule has 28 heteroatoms. The number of hydrogen-bond acceptors (Lipinski definition) is 15. The van der Waals surface area contributed by atoms with Crippen LogP contribution < -0.4 is 43.0 Å². The summed E-state index contributed by atoms with van der Waals surface area (Å²) < 4.78 is 19.4. The van der Waals surface area contributed by atoms with Gasteiger partial charge >= 0.3 is 35.9 Å². The number of aromatic nitrogens is 3. The second-order valence-corrected chi connectivity index (χ2v) is 18.9. The number of nitrogens with two attached hydrogens (primary N) is 1. The molecule has 430 valence electrons. The highest BCUT2D eigenvalue weighted by Gasteiger charge is 2.27. The zero-order chi connectivity index (χ0) is 57.1. The minimum absolute atomic E-state index is 0.0247. The van der Waals surface area contributed by atoms with Crippen molar-refractivity contribution in [3.05, 3.63) is 63.9 Å². The van der Waals surface area contributed by atoms with Gasteiger partial charge in [0.25, 0.3) is 0 Å². The Bertz CT molecular complexity index is 2380. The first-order chi connectivity index (χ1) is 37.4. The van der Waals surface area contributed by atoms with E-state index < -0.39 is 78.3 Å². The summed E-state index contributed by atoms with van der Waals surface area (Å²) in [4.78, 5) is 109. The number of ether oxygens (including phenoxy) is 3. The van der Waals surface area contributed by atoms with Crippen molar-refractivity contribution < 1.29 is 77.8 Å². The van der Waals surface area contributed by atoms with Gasteiger partial charge in [-0.05, 0) is 123 Å². The van der Waals surface area contributed by atoms with Crippen LogP contribution in [0.25, 0.3) is 11.3 Å². The summed E-state index contributed by atoms with van der Waals surface area (Å²) in [6.07, 6.45) is 4.15. The number of urea groups is 2. The number of benzene rings is 2. The maximum absolute atomic E-state index is 13.2. The third-order valence-corrected chi connectivity index (χ3v) is 12.1. The summed E-state index contributed by atoms with van der Waals surface area (Å²) in [6.45, 7) is 2.71. The van der Waals surface area contributed by atoms with Crippen LogP contribution in [0.1, 0.15) is 82.6 Å². The minimum Gasteiger partial charge on any atom is -0.481 e. The van der Waals surface area contributed by atoms with E-state index in [1.165, 1.54) is 0 Å². The average molecular weight is 1210 g/mol. The predicted octanol–water partition coefficient (Wildman–Crippen LogP) is 2.06. The molecule has 0 fully saturated rings. The molecule has 0 bridgehead atoms. The first-order valence-electron chi connectivity index (χ1n) is 25.5. The standard InChI is InChI=1S/C50H72IN11O16/c51-35-15-13-33(14-16-35)30-43(64)53-21-5-2-11-38(46(68)69)57-45(67)37(10-1-4-20-52)56-42(63)19-24-76-26-28-78-29-27-77-25-23-62-32-41(60-61-62)34-8-7-9-36(31-34)55-49(74)54-22-6-3-12-39(47(70)71)58-50(75)59-40(48(72)73)17-18-44(65)66/h7-9,13-16,31-32,37-40H,1-6,10-12,17-30,52H2,(H,53,64)(H,56,63)(H,57,67)(H,65,66)(H,68,69)(H,70,71)(H,72,73)(H2,54,55,74)(H2,58,59,75)/t37-,38-,39-,40-/m0/s1. The Morgan fingerprint density at radius 1 is 0.603 bits per heavy atom. The number of aliphatic carboxylic acids is 4. The summed E-state index contributed by atoms with van der Waals surface area (Å²) in [5.41, 5.74) is 8.21. The van der Waals surface area contributed by atoms with Gasteiger partial charge in [-0.3, -0.25) is 19.2 Å². The number of halogens is 1. The molecule has 0 saturated heterocycles. The van der Waals surface area contributed by atoms with Crippen LogP contribution >= 0.6 is 22.6 Å². The van der Waals surface area contributed by atoms with Gasteiger partial charge in [-0.1, -0.05) is 29.5 Å². The van der Waals surface area contributed by atoms with Crippen molar-refractivity contribution in [2.24, 2.45) is 5.73 Å². The second kappa shape index (κ2) is 37.7. The van der Waals surface area contributed by atoms with Crippen molar-refractivity contribution >= 4 is 81.9 Å². The van der Waals surface area contributed by atoms with E-state index in [4.69, 9.17) is 25.1 Å². The molecule has 3 aromatic rings. The molecule has 3 rings (SSSR count). The number of nitrogens with one attached hydrogen (secondary N) is 7. The monoisotopic (exact) mass is 1210 g/mol. The molecular formula is C50H72IN11O16. The third-order valence-electron chi connectivity index (χ3n) is 11.4. The van der Waals surface area contributed by atoms with Gasteiger partial charge in [-0.25, -0.2) is 28.7 Å². The molecule has 0 aliphatic heterocycles. The Hall–Kier alpha value is -7.02. The van der Waals surface area contributed by atoms with Crippen LogP contribution in [0.3, 0.4) is 0 Å². The van der Waals surface area contributed by atoms with Crippen LogP contribution in [0.4, 0.5) is 15.3 Å². The maximum atomic E-state index is 13.2. The quantitative estimate of drug-likeness (QED) is 0.0286. The number of carboxylic acid groups (broad SMARTS) is 4. The number of carbonyl (C=O) groups is 9. The molecule has 2 aromatic carbocycles. The Morgan fingerprint density at radius 2 is 1.18 bits per heavy atom. The fraction of sp³-hybridized carbons (Fsp3) is 0.540. The lowest BCUT2D eigenvalue weighted by atomic mass is 10.1.